The number of amides is 1. The van der Waals surface area contributed by atoms with Crippen molar-refractivity contribution in [2.45, 2.75) is 59.2 Å². The number of benzene rings is 1. The van der Waals surface area contributed by atoms with E-state index >= 15 is 0 Å². The van der Waals surface area contributed by atoms with Crippen molar-refractivity contribution in [3.8, 4) is 11.8 Å². The van der Waals surface area contributed by atoms with E-state index in [4.69, 9.17) is 14.3 Å². The topological polar surface area (TPSA) is 86.1 Å². The van der Waals surface area contributed by atoms with Gasteiger partial charge in [-0.1, -0.05) is 35.0 Å². The van der Waals surface area contributed by atoms with Crippen LogP contribution in [0.3, 0.4) is 0 Å². The molecule has 0 aliphatic carbocycles. The molecule has 1 aliphatic heterocycles. The Hall–Kier alpha value is -3.16. The van der Waals surface area contributed by atoms with E-state index < -0.39 is 5.60 Å². The molecule has 0 unspecified atom stereocenters. The summed E-state index contributed by atoms with van der Waals surface area (Å²) >= 11 is 0. The predicted octanol–water partition coefficient (Wildman–Crippen LogP) is 4.37. The zero-order chi connectivity index (χ0) is 22.4. The fourth-order valence-corrected chi connectivity index (χ4v) is 3.04. The van der Waals surface area contributed by atoms with E-state index in [1.165, 1.54) is 5.56 Å². The fraction of sp³-hybridized carbons (Fsp3) is 0.478. The first kappa shape index (κ1) is 22.5. The average Bonchev–Trinajstić information content (AvgIpc) is 2.73. The fourth-order valence-electron chi connectivity index (χ4n) is 3.04. The van der Waals surface area contributed by atoms with Gasteiger partial charge in [-0.3, -0.25) is 0 Å². The molecule has 1 saturated heterocycles. The Morgan fingerprint density at radius 2 is 1.65 bits per heavy atom. The van der Waals surface area contributed by atoms with E-state index in [2.05, 4.69) is 15.4 Å². The van der Waals surface area contributed by atoms with Crippen LogP contribution in [0.4, 0.5) is 4.79 Å². The number of carbonyl (C=O) groups is 1. The minimum atomic E-state index is -0.493. The molecule has 0 atom stereocenters. The molecule has 3 rings (SSSR count). The summed E-state index contributed by atoms with van der Waals surface area (Å²) in [5.41, 5.74) is 2.43. The van der Waals surface area contributed by atoms with Gasteiger partial charge in [-0.25, -0.2) is 4.79 Å². The van der Waals surface area contributed by atoms with Crippen LogP contribution in [-0.4, -0.2) is 51.7 Å². The number of hydrogen-bond donors (Lipinski definition) is 0. The number of aromatic nitrogens is 2. The Balaban J connectivity index is 1.47. The molecule has 1 fully saturated rings. The molecular weight excluding hydrogens is 396 g/mol. The van der Waals surface area contributed by atoms with Crippen molar-refractivity contribution in [2.24, 2.45) is 5.16 Å². The van der Waals surface area contributed by atoms with Crippen LogP contribution in [0.2, 0.25) is 0 Å². The minimum Gasteiger partial charge on any atom is -0.473 e. The summed E-state index contributed by atoms with van der Waals surface area (Å²) in [5.74, 6) is 0.709. The second-order valence-corrected chi connectivity index (χ2v) is 8.63. The number of aryl methyl sites for hydroxylation is 1. The van der Waals surface area contributed by atoms with E-state index in [1.807, 2.05) is 58.9 Å². The average molecular weight is 427 g/mol. The van der Waals surface area contributed by atoms with Gasteiger partial charge >= 0.3 is 6.09 Å². The number of piperidine rings is 1. The molecule has 2 aromatic rings. The van der Waals surface area contributed by atoms with Crippen molar-refractivity contribution in [1.29, 1.82) is 0 Å². The van der Waals surface area contributed by atoms with Gasteiger partial charge in [0, 0.05) is 38.1 Å². The third-order valence-corrected chi connectivity index (χ3v) is 4.74. The largest absolute Gasteiger partial charge is 0.473 e. The van der Waals surface area contributed by atoms with Crippen molar-refractivity contribution in [3.63, 3.8) is 0 Å². The number of oxime groups is 1. The molecule has 1 aromatic carbocycles. The van der Waals surface area contributed by atoms with Gasteiger partial charge in [0.15, 0.2) is 0 Å². The van der Waals surface area contributed by atoms with E-state index in [0.717, 1.165) is 11.3 Å². The summed E-state index contributed by atoms with van der Waals surface area (Å²) in [5, 5.41) is 12.2. The van der Waals surface area contributed by atoms with Gasteiger partial charge < -0.3 is 19.2 Å². The highest BCUT2D eigenvalue weighted by molar-refractivity contribution is 5.98. The predicted molar refractivity (Wildman–Crippen MR) is 118 cm³/mol. The van der Waals surface area contributed by atoms with E-state index in [1.54, 1.807) is 17.0 Å². The van der Waals surface area contributed by atoms with Crippen molar-refractivity contribution in [2.75, 3.05) is 13.1 Å². The van der Waals surface area contributed by atoms with Gasteiger partial charge in [-0.05, 0) is 40.2 Å². The second-order valence-electron chi connectivity index (χ2n) is 8.63. The SMILES string of the molecule is C/C(=N/Oc1ccc(OC2CCN(C(=O)OC(C)(C)C)CC2)nn1)c1ccc(C)cc1. The van der Waals surface area contributed by atoms with Crippen LogP contribution in [0.15, 0.2) is 41.6 Å². The molecular formula is C23H30N4O4. The maximum absolute atomic E-state index is 12.1. The summed E-state index contributed by atoms with van der Waals surface area (Å²) in [6.45, 7) is 10.7. The minimum absolute atomic E-state index is 0.0263. The first-order valence-corrected chi connectivity index (χ1v) is 10.5. The van der Waals surface area contributed by atoms with Crippen LogP contribution >= 0.6 is 0 Å². The Morgan fingerprint density at radius 1 is 1.03 bits per heavy atom. The number of nitrogens with zero attached hydrogens (tertiary/aromatic N) is 4. The molecule has 0 bridgehead atoms. The molecule has 31 heavy (non-hydrogen) atoms. The molecule has 8 nitrogen and oxygen atoms in total. The molecule has 0 radical (unpaired) electrons. The first-order chi connectivity index (χ1) is 14.7. The maximum atomic E-state index is 12.1. The van der Waals surface area contributed by atoms with Crippen molar-refractivity contribution < 1.29 is 19.1 Å². The normalized spacial score (nSPS) is 15.5. The van der Waals surface area contributed by atoms with Crippen LogP contribution in [0, 0.1) is 6.92 Å². The Labute approximate surface area is 183 Å². The zero-order valence-electron chi connectivity index (χ0n) is 18.8. The van der Waals surface area contributed by atoms with Crippen molar-refractivity contribution >= 4 is 11.8 Å². The van der Waals surface area contributed by atoms with Crippen molar-refractivity contribution in [3.05, 3.63) is 47.5 Å². The molecule has 8 heteroatoms. The molecule has 166 valence electrons. The van der Waals surface area contributed by atoms with Crippen LogP contribution < -0.4 is 9.57 Å². The third-order valence-electron chi connectivity index (χ3n) is 4.74. The molecule has 1 aliphatic rings. The second kappa shape index (κ2) is 9.76. The Bertz CT molecular complexity index is 897. The van der Waals surface area contributed by atoms with Gasteiger partial charge in [-0.2, -0.15) is 0 Å². The molecule has 1 aromatic heterocycles. The van der Waals surface area contributed by atoms with Gasteiger partial charge in [0.1, 0.15) is 11.7 Å². The lowest BCUT2D eigenvalue weighted by Gasteiger charge is -2.33. The van der Waals surface area contributed by atoms with Gasteiger partial charge in [-0.15, -0.1) is 10.2 Å². The molecule has 0 saturated carbocycles. The third kappa shape index (κ3) is 6.94. The summed E-state index contributed by atoms with van der Waals surface area (Å²) in [6, 6.07) is 11.4. The quantitative estimate of drug-likeness (QED) is 0.521. The smallest absolute Gasteiger partial charge is 0.410 e. The monoisotopic (exact) mass is 426 g/mol. The summed E-state index contributed by atoms with van der Waals surface area (Å²) in [6.07, 6.45) is 1.11. The number of ether oxygens (including phenoxy) is 2. The van der Waals surface area contributed by atoms with Gasteiger partial charge in [0.25, 0.3) is 5.88 Å². The van der Waals surface area contributed by atoms with Crippen LogP contribution in [0.5, 0.6) is 11.8 Å². The van der Waals surface area contributed by atoms with Gasteiger partial charge in [0.2, 0.25) is 5.88 Å². The van der Waals surface area contributed by atoms with Crippen LogP contribution in [0.1, 0.15) is 51.7 Å². The Morgan fingerprint density at radius 3 is 2.23 bits per heavy atom. The highest BCUT2D eigenvalue weighted by Crippen LogP contribution is 2.20. The number of carbonyl (C=O) groups excluding carboxylic acids is 1. The van der Waals surface area contributed by atoms with Crippen LogP contribution in [0.25, 0.3) is 0 Å². The highest BCUT2D eigenvalue weighted by atomic mass is 16.6. The van der Waals surface area contributed by atoms with E-state index in [0.29, 0.717) is 37.7 Å². The Kier molecular flexibility index (Phi) is 7.09. The molecule has 2 heterocycles. The maximum Gasteiger partial charge on any atom is 0.410 e. The van der Waals surface area contributed by atoms with Crippen molar-refractivity contribution in [1.82, 2.24) is 15.1 Å². The lowest BCUT2D eigenvalue weighted by Crippen LogP contribution is -2.44. The standard InChI is InChI=1S/C23H30N4O4/c1-16-6-8-18(9-7-16)17(2)26-31-21-11-10-20(24-25-21)29-19-12-14-27(15-13-19)22(28)30-23(3,4)5/h6-11,19H,12-15H2,1-5H3/b26-17-. The summed E-state index contributed by atoms with van der Waals surface area (Å²) in [4.78, 5) is 19.2. The van der Waals surface area contributed by atoms with E-state index in [-0.39, 0.29) is 12.2 Å². The summed E-state index contributed by atoms with van der Waals surface area (Å²) in [7, 11) is 0. The lowest BCUT2D eigenvalue weighted by molar-refractivity contribution is 0.0122. The molecule has 0 N–H and O–H groups in total. The lowest BCUT2D eigenvalue weighted by atomic mass is 10.1. The van der Waals surface area contributed by atoms with Gasteiger partial charge in [0.05, 0.1) is 5.71 Å². The van der Waals surface area contributed by atoms with Crippen LogP contribution in [-0.2, 0) is 4.74 Å². The number of hydrogen-bond acceptors (Lipinski definition) is 7. The van der Waals surface area contributed by atoms with E-state index in [9.17, 15) is 4.79 Å². The molecule has 1 amide bonds. The number of rotatable bonds is 5. The molecule has 0 spiro atoms. The highest BCUT2D eigenvalue weighted by Gasteiger charge is 2.27. The summed E-state index contributed by atoms with van der Waals surface area (Å²) < 4.78 is 11.3. The first-order valence-electron chi connectivity index (χ1n) is 10.5. The number of likely N-dealkylation sites (tertiary alicyclic amines) is 1. The zero-order valence-corrected chi connectivity index (χ0v) is 18.8.